The van der Waals surface area contributed by atoms with E-state index in [-0.39, 0.29) is 25.0 Å². The summed E-state index contributed by atoms with van der Waals surface area (Å²) in [6.45, 7) is 0.329. The summed E-state index contributed by atoms with van der Waals surface area (Å²) in [5.74, 6) is 0.286. The Morgan fingerprint density at radius 2 is 1.76 bits per heavy atom. The Labute approximate surface area is 150 Å². The van der Waals surface area contributed by atoms with Gasteiger partial charge < -0.3 is 14.8 Å². The molecule has 5 nitrogen and oxygen atoms in total. The summed E-state index contributed by atoms with van der Waals surface area (Å²) in [6, 6.07) is 13.7. The van der Waals surface area contributed by atoms with E-state index in [9.17, 15) is 9.59 Å². The van der Waals surface area contributed by atoms with E-state index < -0.39 is 5.97 Å². The minimum Gasteiger partial charge on any atom is -0.488 e. The van der Waals surface area contributed by atoms with Crippen LogP contribution in [0, 0.1) is 5.92 Å². The van der Waals surface area contributed by atoms with Gasteiger partial charge in [-0.05, 0) is 49.2 Å². The SMILES string of the molecule is O=C(OCCOc1ccccc1Cl)c1ccc(NC(=O)C2CC2)cc1. The number of halogens is 1. The summed E-state index contributed by atoms with van der Waals surface area (Å²) in [6.07, 6.45) is 1.90. The van der Waals surface area contributed by atoms with Crippen LogP contribution in [0.1, 0.15) is 23.2 Å². The molecule has 0 unspecified atom stereocenters. The second-order valence-corrected chi connectivity index (χ2v) is 6.16. The van der Waals surface area contributed by atoms with E-state index >= 15 is 0 Å². The van der Waals surface area contributed by atoms with Crippen LogP contribution in [0.3, 0.4) is 0 Å². The van der Waals surface area contributed by atoms with Gasteiger partial charge in [0.15, 0.2) is 0 Å². The first-order valence-electron chi connectivity index (χ1n) is 8.09. The Kier molecular flexibility index (Phi) is 5.56. The maximum atomic E-state index is 12.0. The van der Waals surface area contributed by atoms with Gasteiger partial charge in [-0.25, -0.2) is 4.79 Å². The van der Waals surface area contributed by atoms with Crippen molar-refractivity contribution in [3.8, 4) is 5.75 Å². The van der Waals surface area contributed by atoms with Crippen molar-refractivity contribution in [2.75, 3.05) is 18.5 Å². The summed E-state index contributed by atoms with van der Waals surface area (Å²) < 4.78 is 10.6. The highest BCUT2D eigenvalue weighted by molar-refractivity contribution is 6.32. The van der Waals surface area contributed by atoms with E-state index in [1.807, 2.05) is 12.1 Å². The number of nitrogens with one attached hydrogen (secondary N) is 1. The fraction of sp³-hybridized carbons (Fsp3) is 0.263. The van der Waals surface area contributed by atoms with Crippen LogP contribution in [0.4, 0.5) is 5.69 Å². The number of amides is 1. The fourth-order valence-electron chi connectivity index (χ4n) is 2.21. The number of ether oxygens (including phenoxy) is 2. The van der Waals surface area contributed by atoms with E-state index in [2.05, 4.69) is 5.32 Å². The van der Waals surface area contributed by atoms with E-state index in [0.29, 0.717) is 22.0 Å². The Morgan fingerprint density at radius 1 is 1.04 bits per heavy atom. The number of carbonyl (C=O) groups excluding carboxylic acids is 2. The number of para-hydroxylation sites is 1. The van der Waals surface area contributed by atoms with Crippen molar-refractivity contribution in [3.63, 3.8) is 0 Å². The molecule has 0 radical (unpaired) electrons. The molecule has 2 aromatic rings. The van der Waals surface area contributed by atoms with Gasteiger partial charge in [0.05, 0.1) is 10.6 Å². The molecule has 0 aromatic heterocycles. The third kappa shape index (κ3) is 4.97. The molecular formula is C19H18ClNO4. The molecule has 1 aliphatic rings. The lowest BCUT2D eigenvalue weighted by atomic mass is 10.2. The third-order valence-corrected chi connectivity index (χ3v) is 4.06. The molecule has 6 heteroatoms. The second kappa shape index (κ2) is 8.03. The molecule has 1 saturated carbocycles. The van der Waals surface area contributed by atoms with E-state index in [0.717, 1.165) is 12.8 Å². The molecule has 1 amide bonds. The van der Waals surface area contributed by atoms with Crippen LogP contribution in [0.15, 0.2) is 48.5 Å². The van der Waals surface area contributed by atoms with Crippen LogP contribution >= 0.6 is 11.6 Å². The summed E-state index contributed by atoms with van der Waals surface area (Å²) in [5.41, 5.74) is 1.10. The quantitative estimate of drug-likeness (QED) is 0.601. The first-order chi connectivity index (χ1) is 12.1. The van der Waals surface area contributed by atoms with E-state index in [1.165, 1.54) is 0 Å². The molecule has 0 aliphatic heterocycles. The lowest BCUT2D eigenvalue weighted by Gasteiger charge is -2.09. The number of anilines is 1. The van der Waals surface area contributed by atoms with Gasteiger partial charge in [0, 0.05) is 11.6 Å². The van der Waals surface area contributed by atoms with Crippen molar-refractivity contribution in [3.05, 3.63) is 59.1 Å². The molecule has 2 aromatic carbocycles. The van der Waals surface area contributed by atoms with Crippen LogP contribution in [0.2, 0.25) is 5.02 Å². The topological polar surface area (TPSA) is 64.6 Å². The monoisotopic (exact) mass is 359 g/mol. The van der Waals surface area contributed by atoms with Crippen LogP contribution in [0.25, 0.3) is 0 Å². The molecule has 3 rings (SSSR count). The van der Waals surface area contributed by atoms with Crippen LogP contribution in [-0.2, 0) is 9.53 Å². The van der Waals surface area contributed by atoms with Crippen molar-refractivity contribution in [1.82, 2.24) is 0 Å². The highest BCUT2D eigenvalue weighted by Crippen LogP contribution is 2.30. The minimum atomic E-state index is -0.442. The molecule has 0 heterocycles. The van der Waals surface area contributed by atoms with Gasteiger partial charge in [-0.15, -0.1) is 0 Å². The van der Waals surface area contributed by atoms with Gasteiger partial charge in [-0.2, -0.15) is 0 Å². The first-order valence-corrected chi connectivity index (χ1v) is 8.46. The normalized spacial score (nSPS) is 13.2. The molecule has 0 saturated heterocycles. The molecule has 0 spiro atoms. The maximum absolute atomic E-state index is 12.0. The zero-order chi connectivity index (χ0) is 17.6. The highest BCUT2D eigenvalue weighted by Gasteiger charge is 2.29. The predicted molar refractivity (Wildman–Crippen MR) is 95.0 cm³/mol. The lowest BCUT2D eigenvalue weighted by molar-refractivity contribution is -0.117. The van der Waals surface area contributed by atoms with Crippen molar-refractivity contribution in [1.29, 1.82) is 0 Å². The van der Waals surface area contributed by atoms with Crippen molar-refractivity contribution in [2.24, 2.45) is 5.92 Å². The smallest absolute Gasteiger partial charge is 0.338 e. The highest BCUT2D eigenvalue weighted by atomic mass is 35.5. The maximum Gasteiger partial charge on any atom is 0.338 e. The number of esters is 1. The summed E-state index contributed by atoms with van der Waals surface area (Å²) >= 11 is 5.97. The van der Waals surface area contributed by atoms with Crippen LogP contribution in [-0.4, -0.2) is 25.1 Å². The van der Waals surface area contributed by atoms with E-state index in [4.69, 9.17) is 21.1 Å². The number of benzene rings is 2. The van der Waals surface area contributed by atoms with Gasteiger partial charge >= 0.3 is 5.97 Å². The summed E-state index contributed by atoms with van der Waals surface area (Å²) in [4.78, 5) is 23.7. The van der Waals surface area contributed by atoms with Crippen molar-refractivity contribution >= 4 is 29.2 Å². The molecule has 1 N–H and O–H groups in total. The number of rotatable bonds is 7. The molecule has 0 atom stereocenters. The average molecular weight is 360 g/mol. The minimum absolute atomic E-state index is 0.0343. The lowest BCUT2D eigenvalue weighted by Crippen LogP contribution is -2.14. The van der Waals surface area contributed by atoms with Gasteiger partial charge in [0.1, 0.15) is 19.0 Å². The van der Waals surface area contributed by atoms with Crippen LogP contribution in [0.5, 0.6) is 5.75 Å². The van der Waals surface area contributed by atoms with Gasteiger partial charge in [0.2, 0.25) is 5.91 Å². The Balaban J connectivity index is 1.43. The van der Waals surface area contributed by atoms with Crippen molar-refractivity contribution < 1.29 is 19.1 Å². The first kappa shape index (κ1) is 17.3. The summed E-state index contributed by atoms with van der Waals surface area (Å²) in [5, 5.41) is 3.33. The van der Waals surface area contributed by atoms with Gasteiger partial charge in [-0.1, -0.05) is 23.7 Å². The Morgan fingerprint density at radius 3 is 2.44 bits per heavy atom. The molecule has 1 aliphatic carbocycles. The zero-order valence-electron chi connectivity index (χ0n) is 13.5. The van der Waals surface area contributed by atoms with Crippen LogP contribution < -0.4 is 10.1 Å². The zero-order valence-corrected chi connectivity index (χ0v) is 14.3. The molecular weight excluding hydrogens is 342 g/mol. The van der Waals surface area contributed by atoms with Crippen molar-refractivity contribution in [2.45, 2.75) is 12.8 Å². The number of carbonyl (C=O) groups is 2. The van der Waals surface area contributed by atoms with Gasteiger partial charge in [0.25, 0.3) is 0 Å². The predicted octanol–water partition coefficient (Wildman–Crippen LogP) is 3.92. The number of hydrogen-bond acceptors (Lipinski definition) is 4. The largest absolute Gasteiger partial charge is 0.488 e. The molecule has 25 heavy (non-hydrogen) atoms. The standard InChI is InChI=1S/C19H18ClNO4/c20-16-3-1-2-4-17(16)24-11-12-25-19(23)14-7-9-15(10-8-14)21-18(22)13-5-6-13/h1-4,7-10,13H,5-6,11-12H2,(H,21,22). The number of hydrogen-bond donors (Lipinski definition) is 1. The van der Waals surface area contributed by atoms with Gasteiger partial charge in [-0.3, -0.25) is 4.79 Å². The second-order valence-electron chi connectivity index (χ2n) is 5.76. The Bertz CT molecular complexity index is 756. The molecule has 0 bridgehead atoms. The fourth-order valence-corrected chi connectivity index (χ4v) is 2.40. The Hall–Kier alpha value is -2.53. The van der Waals surface area contributed by atoms with E-state index in [1.54, 1.807) is 36.4 Å². The summed E-state index contributed by atoms with van der Waals surface area (Å²) in [7, 11) is 0. The average Bonchev–Trinajstić information content (AvgIpc) is 3.46. The molecule has 130 valence electrons. The molecule has 1 fully saturated rings. The third-order valence-electron chi connectivity index (χ3n) is 3.75.